The Kier molecular flexibility index (Phi) is 4.08. The lowest BCUT2D eigenvalue weighted by atomic mass is 9.80. The maximum Gasteiger partial charge on any atom is 0.343 e. The molecule has 1 aromatic carbocycles. The van der Waals surface area contributed by atoms with Gasteiger partial charge in [-0.25, -0.2) is 14.8 Å². The van der Waals surface area contributed by atoms with Crippen molar-refractivity contribution in [2.24, 2.45) is 0 Å². The minimum Gasteiger partial charge on any atom is -0.462 e. The van der Waals surface area contributed by atoms with Gasteiger partial charge in [-0.1, -0.05) is 24.3 Å². The maximum absolute atomic E-state index is 12.1. The molecule has 1 aliphatic carbocycles. The fraction of sp³-hybridized carbons (Fsp3) is 0.300. The number of hydrogen-bond donors (Lipinski definition) is 1. The summed E-state index contributed by atoms with van der Waals surface area (Å²) in [5.74, 6) is 0.706. The van der Waals surface area contributed by atoms with E-state index in [1.54, 1.807) is 18.7 Å². The fourth-order valence-electron chi connectivity index (χ4n) is 4.09. The van der Waals surface area contributed by atoms with Crippen molar-refractivity contribution in [1.82, 2.24) is 19.7 Å². The van der Waals surface area contributed by atoms with E-state index in [4.69, 9.17) is 10.5 Å². The third kappa shape index (κ3) is 2.59. The number of nitrogen functional groups attached to an aromatic ring is 1. The van der Waals surface area contributed by atoms with Crippen LogP contribution in [0, 0.1) is 0 Å². The molecule has 142 valence electrons. The van der Waals surface area contributed by atoms with Gasteiger partial charge in [0.05, 0.1) is 12.8 Å². The van der Waals surface area contributed by atoms with Crippen LogP contribution in [0.5, 0.6) is 0 Å². The van der Waals surface area contributed by atoms with Crippen LogP contribution in [-0.2, 0) is 17.6 Å². The first-order valence-electron chi connectivity index (χ1n) is 9.26. The average Bonchev–Trinajstić information content (AvgIpc) is 3.26. The number of esters is 1. The summed E-state index contributed by atoms with van der Waals surface area (Å²) in [7, 11) is 0. The summed E-state index contributed by atoms with van der Waals surface area (Å²) < 4.78 is 6.60. The van der Waals surface area contributed by atoms with Crippen molar-refractivity contribution in [3.63, 3.8) is 0 Å². The molecule has 1 aliphatic heterocycles. The van der Waals surface area contributed by atoms with Crippen LogP contribution in [0.25, 0.3) is 5.82 Å². The molecule has 0 amide bonds. The van der Waals surface area contributed by atoms with Crippen molar-refractivity contribution in [3.8, 4) is 5.82 Å². The topological polar surface area (TPSA) is 95.9 Å². The lowest BCUT2D eigenvalue weighted by Crippen LogP contribution is -2.23. The van der Waals surface area contributed by atoms with Gasteiger partial charge < -0.3 is 10.5 Å². The molecule has 8 heteroatoms. The highest BCUT2D eigenvalue weighted by Crippen LogP contribution is 2.51. The average molecular weight is 393 g/mol. The zero-order valence-corrected chi connectivity index (χ0v) is 16.1. The standard InChI is InChI=1S/C20H19N5O2S/c1-2-27-20(26)14-9-24-25(17(14)21)18-16-13-7-11-5-3-4-6-12(11)8-15(13)28-19(16)23-10-22-18/h3-6,9-10,13,15H,2,7-8,21H2,1H3. The van der Waals surface area contributed by atoms with Crippen molar-refractivity contribution in [2.45, 2.75) is 36.0 Å². The summed E-state index contributed by atoms with van der Waals surface area (Å²) in [5, 5.41) is 5.73. The molecule has 0 saturated carbocycles. The Morgan fingerprint density at radius 3 is 2.86 bits per heavy atom. The Labute approximate surface area is 166 Å². The van der Waals surface area contributed by atoms with E-state index in [-0.39, 0.29) is 18.0 Å². The molecule has 0 spiro atoms. The molecule has 2 aromatic heterocycles. The minimum atomic E-state index is -0.476. The number of anilines is 1. The quantitative estimate of drug-likeness (QED) is 0.540. The Morgan fingerprint density at radius 2 is 2.07 bits per heavy atom. The second-order valence-electron chi connectivity index (χ2n) is 6.93. The molecular formula is C20H19N5O2S. The van der Waals surface area contributed by atoms with Gasteiger partial charge in [0.2, 0.25) is 0 Å². The zero-order chi connectivity index (χ0) is 19.3. The van der Waals surface area contributed by atoms with Gasteiger partial charge >= 0.3 is 5.97 Å². The van der Waals surface area contributed by atoms with Crippen LogP contribution in [0.4, 0.5) is 5.82 Å². The molecule has 3 heterocycles. The normalized spacial score (nSPS) is 19.6. The number of ether oxygens (including phenoxy) is 1. The van der Waals surface area contributed by atoms with Gasteiger partial charge in [-0.3, -0.25) is 0 Å². The number of carbonyl (C=O) groups is 1. The van der Waals surface area contributed by atoms with Gasteiger partial charge in [0.15, 0.2) is 5.82 Å². The van der Waals surface area contributed by atoms with E-state index in [2.05, 4.69) is 39.3 Å². The summed E-state index contributed by atoms with van der Waals surface area (Å²) in [5.41, 5.74) is 10.3. The number of thioether (sulfide) groups is 1. The predicted molar refractivity (Wildman–Crippen MR) is 106 cm³/mol. The number of rotatable bonds is 3. The molecule has 2 unspecified atom stereocenters. The van der Waals surface area contributed by atoms with Crippen molar-refractivity contribution in [1.29, 1.82) is 0 Å². The highest BCUT2D eigenvalue weighted by molar-refractivity contribution is 8.00. The number of carbonyl (C=O) groups excluding carboxylic acids is 1. The van der Waals surface area contributed by atoms with E-state index in [1.807, 2.05) is 0 Å². The van der Waals surface area contributed by atoms with Crippen LogP contribution in [-0.4, -0.2) is 37.6 Å². The van der Waals surface area contributed by atoms with Crippen molar-refractivity contribution in [3.05, 3.63) is 59.0 Å². The second kappa shape index (κ2) is 6.63. The highest BCUT2D eigenvalue weighted by Gasteiger charge is 2.41. The number of nitrogens with zero attached hydrogens (tertiary/aromatic N) is 4. The van der Waals surface area contributed by atoms with Crippen LogP contribution < -0.4 is 5.73 Å². The van der Waals surface area contributed by atoms with Crippen LogP contribution >= 0.6 is 11.8 Å². The van der Waals surface area contributed by atoms with Gasteiger partial charge in [0.25, 0.3) is 0 Å². The number of nitrogens with two attached hydrogens (primary N) is 1. The third-order valence-corrected chi connectivity index (χ3v) is 6.74. The lowest BCUT2D eigenvalue weighted by Gasteiger charge is -2.27. The molecule has 0 bridgehead atoms. The molecule has 7 nitrogen and oxygen atoms in total. The van der Waals surface area contributed by atoms with E-state index in [0.29, 0.717) is 17.0 Å². The lowest BCUT2D eigenvalue weighted by molar-refractivity contribution is 0.0527. The first-order chi connectivity index (χ1) is 13.7. The van der Waals surface area contributed by atoms with E-state index >= 15 is 0 Å². The summed E-state index contributed by atoms with van der Waals surface area (Å²) in [6, 6.07) is 8.58. The molecule has 28 heavy (non-hydrogen) atoms. The van der Waals surface area contributed by atoms with Crippen LogP contribution in [0.3, 0.4) is 0 Å². The monoisotopic (exact) mass is 393 g/mol. The van der Waals surface area contributed by atoms with Gasteiger partial charge in [0, 0.05) is 16.7 Å². The van der Waals surface area contributed by atoms with E-state index in [0.717, 1.165) is 23.4 Å². The Hall–Kier alpha value is -2.87. The van der Waals surface area contributed by atoms with Crippen molar-refractivity contribution >= 4 is 23.5 Å². The van der Waals surface area contributed by atoms with Crippen LogP contribution in [0.15, 0.2) is 41.8 Å². The summed E-state index contributed by atoms with van der Waals surface area (Å²) in [4.78, 5) is 21.1. The summed E-state index contributed by atoms with van der Waals surface area (Å²) in [6.45, 7) is 2.04. The second-order valence-corrected chi connectivity index (χ2v) is 8.16. The number of hydrogen-bond acceptors (Lipinski definition) is 7. The van der Waals surface area contributed by atoms with Crippen molar-refractivity contribution in [2.75, 3.05) is 12.3 Å². The number of fused-ring (bicyclic) bond motifs is 4. The Morgan fingerprint density at radius 1 is 1.29 bits per heavy atom. The largest absolute Gasteiger partial charge is 0.462 e. The molecule has 3 aromatic rings. The third-order valence-electron chi connectivity index (χ3n) is 5.39. The van der Waals surface area contributed by atoms with Gasteiger partial charge in [-0.15, -0.1) is 11.8 Å². The van der Waals surface area contributed by atoms with Gasteiger partial charge in [-0.05, 0) is 30.9 Å². The van der Waals surface area contributed by atoms with E-state index in [1.165, 1.54) is 28.3 Å². The zero-order valence-electron chi connectivity index (χ0n) is 15.3. The van der Waals surface area contributed by atoms with Crippen molar-refractivity contribution < 1.29 is 9.53 Å². The smallest absolute Gasteiger partial charge is 0.343 e. The molecule has 2 atom stereocenters. The minimum absolute atomic E-state index is 0.240. The molecule has 2 aliphatic rings. The first-order valence-corrected chi connectivity index (χ1v) is 10.1. The van der Waals surface area contributed by atoms with Crippen LogP contribution in [0.2, 0.25) is 0 Å². The molecule has 0 radical (unpaired) electrons. The Balaban J connectivity index is 1.58. The maximum atomic E-state index is 12.1. The Bertz CT molecular complexity index is 1080. The van der Waals surface area contributed by atoms with Crippen LogP contribution in [0.1, 0.15) is 39.9 Å². The SMILES string of the molecule is CCOC(=O)c1cnn(-c2ncnc3c2C2Cc4ccccc4CC2S3)c1N. The van der Waals surface area contributed by atoms with E-state index in [9.17, 15) is 4.79 Å². The first kappa shape index (κ1) is 17.2. The number of aromatic nitrogens is 4. The van der Waals surface area contributed by atoms with E-state index < -0.39 is 5.97 Å². The molecule has 0 saturated heterocycles. The van der Waals surface area contributed by atoms with Gasteiger partial charge in [-0.2, -0.15) is 9.78 Å². The molecule has 0 fully saturated rings. The predicted octanol–water partition coefficient (Wildman–Crippen LogP) is 2.78. The molecule has 2 N–H and O–H groups in total. The highest BCUT2D eigenvalue weighted by atomic mass is 32.2. The fourth-order valence-corrected chi connectivity index (χ4v) is 5.51. The number of benzene rings is 1. The molecule has 5 rings (SSSR count). The summed E-state index contributed by atoms with van der Waals surface area (Å²) in [6.07, 6.45) is 4.92. The molecular weight excluding hydrogens is 374 g/mol. The van der Waals surface area contributed by atoms with Gasteiger partial charge in [0.1, 0.15) is 22.7 Å². The summed E-state index contributed by atoms with van der Waals surface area (Å²) >= 11 is 1.79.